The normalized spacial score (nSPS) is 17.0. The summed E-state index contributed by atoms with van der Waals surface area (Å²) < 4.78 is 5.56. The van der Waals surface area contributed by atoms with Gasteiger partial charge in [0.25, 0.3) is 11.8 Å². The Morgan fingerprint density at radius 3 is 1.75 bits per heavy atom. The van der Waals surface area contributed by atoms with E-state index >= 15 is 0 Å². The molecule has 1 aliphatic heterocycles. The average Bonchev–Trinajstić information content (AvgIpc) is 3.29. The molecule has 0 aromatic heterocycles. The monoisotopic (exact) mass is 604 g/mol. The van der Waals surface area contributed by atoms with E-state index in [0.29, 0.717) is 12.2 Å². The summed E-state index contributed by atoms with van der Waals surface area (Å²) in [6.07, 6.45) is 1.92. The van der Waals surface area contributed by atoms with Gasteiger partial charge in [-0.1, -0.05) is 88.4 Å². The first-order valence-electron chi connectivity index (χ1n) is 15.2. The first-order valence-corrected chi connectivity index (χ1v) is 15.2. The summed E-state index contributed by atoms with van der Waals surface area (Å²) in [5.74, 6) is -1.32. The zero-order valence-corrected chi connectivity index (χ0v) is 27.6. The molecule has 0 fully saturated rings. The highest BCUT2D eigenvalue weighted by Gasteiger charge is 2.45. The summed E-state index contributed by atoms with van der Waals surface area (Å²) in [4.78, 5) is 61.9. The third kappa shape index (κ3) is 7.75. The van der Waals surface area contributed by atoms with Gasteiger partial charge in [-0.15, -0.1) is 0 Å². The molecule has 2 aromatic rings. The number of ether oxygens (including phenoxy) is 1. The van der Waals surface area contributed by atoms with Crippen molar-refractivity contribution >= 4 is 23.6 Å². The van der Waals surface area contributed by atoms with Crippen molar-refractivity contribution in [1.29, 1.82) is 0 Å². The number of rotatable bonds is 13. The molecular weight excluding hydrogens is 556 g/mol. The lowest BCUT2D eigenvalue weighted by Gasteiger charge is -2.40. The molecule has 0 aliphatic carbocycles. The number of carbonyl (C=O) groups excluding carboxylic acids is 4. The molecule has 0 saturated carbocycles. The van der Waals surface area contributed by atoms with E-state index in [1.807, 2.05) is 107 Å². The molecule has 0 radical (unpaired) electrons. The summed E-state index contributed by atoms with van der Waals surface area (Å²) in [6.45, 7) is 7.74. The third-order valence-electron chi connectivity index (χ3n) is 8.35. The second-order valence-corrected chi connectivity index (χ2v) is 12.4. The van der Waals surface area contributed by atoms with Crippen molar-refractivity contribution in [3.05, 3.63) is 83.6 Å². The highest BCUT2D eigenvalue weighted by atomic mass is 16.5. The summed E-state index contributed by atoms with van der Waals surface area (Å²) in [6, 6.07) is 16.1. The van der Waals surface area contributed by atoms with Crippen LogP contribution < -0.4 is 0 Å². The van der Waals surface area contributed by atoms with Gasteiger partial charge in [-0.25, -0.2) is 0 Å². The van der Waals surface area contributed by atoms with Gasteiger partial charge in [0.15, 0.2) is 0 Å². The van der Waals surface area contributed by atoms with Crippen LogP contribution in [-0.4, -0.2) is 103 Å². The molecule has 0 N–H and O–H groups in total. The van der Waals surface area contributed by atoms with Crippen molar-refractivity contribution in [2.75, 3.05) is 35.3 Å². The Hall–Kier alpha value is -3.98. The van der Waals surface area contributed by atoms with Gasteiger partial charge < -0.3 is 14.5 Å². The molecule has 0 unspecified atom stereocenters. The quantitative estimate of drug-likeness (QED) is 0.347. The van der Waals surface area contributed by atoms with Gasteiger partial charge in [0.2, 0.25) is 11.8 Å². The highest BCUT2D eigenvalue weighted by Crippen LogP contribution is 2.27. The van der Waals surface area contributed by atoms with Crippen LogP contribution in [0.15, 0.2) is 72.5 Å². The van der Waals surface area contributed by atoms with Crippen LogP contribution in [0.3, 0.4) is 0 Å². The molecule has 1 heterocycles. The SMILES string of the molecule is COC1=CC(=O)N(C(=O)[C@H](Cc2ccccc2)N(C)C(=O)[C@H](C(C)C)N(C)C(=O)[C@@H](C(C)C)N(C)C)[C@H]1Cc1ccccc1. The van der Waals surface area contributed by atoms with Crippen LogP contribution in [0.4, 0.5) is 0 Å². The van der Waals surface area contributed by atoms with Crippen LogP contribution in [0.1, 0.15) is 38.8 Å². The number of likely N-dealkylation sites (N-methyl/N-ethyl adjacent to an activating group) is 3. The first-order chi connectivity index (χ1) is 20.8. The highest BCUT2D eigenvalue weighted by molar-refractivity contribution is 6.07. The summed E-state index contributed by atoms with van der Waals surface area (Å²) in [7, 11) is 8.43. The van der Waals surface area contributed by atoms with Crippen LogP contribution in [-0.2, 0) is 36.8 Å². The topological polar surface area (TPSA) is 90.5 Å². The minimum Gasteiger partial charge on any atom is -0.499 e. The predicted octanol–water partition coefficient (Wildman–Crippen LogP) is 3.64. The van der Waals surface area contributed by atoms with E-state index in [2.05, 4.69) is 0 Å². The van der Waals surface area contributed by atoms with Crippen molar-refractivity contribution in [3.8, 4) is 0 Å². The molecule has 0 bridgehead atoms. The Labute approximate surface area is 262 Å². The average molecular weight is 605 g/mol. The van der Waals surface area contributed by atoms with E-state index < -0.39 is 36.0 Å². The number of hydrogen-bond donors (Lipinski definition) is 0. The number of methoxy groups -OCH3 is 1. The second kappa shape index (κ2) is 15.1. The smallest absolute Gasteiger partial charge is 0.257 e. The van der Waals surface area contributed by atoms with Gasteiger partial charge >= 0.3 is 0 Å². The Kier molecular flexibility index (Phi) is 11.9. The van der Waals surface area contributed by atoms with E-state index in [0.717, 1.165) is 11.1 Å². The molecule has 9 heteroatoms. The van der Waals surface area contributed by atoms with Gasteiger partial charge in [0, 0.05) is 33.0 Å². The number of amides is 4. The molecule has 44 heavy (non-hydrogen) atoms. The fraction of sp³-hybridized carbons (Fsp3) is 0.486. The lowest BCUT2D eigenvalue weighted by atomic mass is 9.95. The largest absolute Gasteiger partial charge is 0.499 e. The lowest BCUT2D eigenvalue weighted by molar-refractivity contribution is -0.155. The van der Waals surface area contributed by atoms with E-state index in [4.69, 9.17) is 4.74 Å². The van der Waals surface area contributed by atoms with Gasteiger partial charge in [0.05, 0.1) is 13.2 Å². The Balaban J connectivity index is 2.01. The molecule has 1 aliphatic rings. The second-order valence-electron chi connectivity index (χ2n) is 12.4. The van der Waals surface area contributed by atoms with E-state index in [-0.39, 0.29) is 30.1 Å². The van der Waals surface area contributed by atoms with Crippen LogP contribution in [0.5, 0.6) is 0 Å². The maximum atomic E-state index is 14.5. The Bertz CT molecular complexity index is 1320. The van der Waals surface area contributed by atoms with Gasteiger partial charge in [-0.3, -0.25) is 29.0 Å². The summed E-state index contributed by atoms with van der Waals surface area (Å²) in [5.41, 5.74) is 1.78. The fourth-order valence-corrected chi connectivity index (χ4v) is 6.15. The number of nitrogens with zero attached hydrogens (tertiary/aromatic N) is 4. The van der Waals surface area contributed by atoms with E-state index in [1.54, 1.807) is 14.1 Å². The Morgan fingerprint density at radius 2 is 1.27 bits per heavy atom. The molecule has 0 spiro atoms. The minimum atomic E-state index is -1.00. The molecule has 4 atom stereocenters. The molecule has 0 saturated heterocycles. The van der Waals surface area contributed by atoms with Crippen LogP contribution in [0.25, 0.3) is 0 Å². The van der Waals surface area contributed by atoms with E-state index in [9.17, 15) is 19.2 Å². The summed E-state index contributed by atoms with van der Waals surface area (Å²) in [5, 5.41) is 0. The molecular formula is C35H48N4O5. The lowest BCUT2D eigenvalue weighted by Crippen LogP contribution is -2.60. The molecule has 9 nitrogen and oxygen atoms in total. The van der Waals surface area contributed by atoms with Crippen molar-refractivity contribution in [2.24, 2.45) is 11.8 Å². The zero-order valence-electron chi connectivity index (χ0n) is 27.6. The van der Waals surface area contributed by atoms with Crippen LogP contribution in [0.2, 0.25) is 0 Å². The molecule has 4 amide bonds. The maximum Gasteiger partial charge on any atom is 0.257 e. The van der Waals surface area contributed by atoms with E-state index in [1.165, 1.54) is 27.9 Å². The predicted molar refractivity (Wildman–Crippen MR) is 171 cm³/mol. The zero-order chi connectivity index (χ0) is 32.7. The third-order valence-corrected chi connectivity index (χ3v) is 8.35. The molecule has 238 valence electrons. The number of imide groups is 1. The van der Waals surface area contributed by atoms with Gasteiger partial charge in [-0.05, 0) is 37.1 Å². The van der Waals surface area contributed by atoms with Crippen molar-refractivity contribution in [2.45, 2.75) is 64.7 Å². The number of carbonyl (C=O) groups is 4. The standard InChI is InChI=1S/C35H48N4O5/c1-23(2)31(36(5)6)34(42)38(8)32(24(3)4)35(43)37(7)28(21-26-18-14-11-15-19-26)33(41)39-27(29(44-9)22-30(39)40)20-25-16-12-10-13-17-25/h10-19,22-24,27-28,31-32H,20-21H2,1-9H3/t27-,28-,31+,32-/m0/s1. The first kappa shape index (κ1) is 34.5. The van der Waals surface area contributed by atoms with Crippen LogP contribution in [0, 0.1) is 11.8 Å². The minimum absolute atomic E-state index is 0.0261. The maximum absolute atomic E-state index is 14.5. The van der Waals surface area contributed by atoms with Crippen molar-refractivity contribution < 1.29 is 23.9 Å². The van der Waals surface area contributed by atoms with Crippen molar-refractivity contribution in [1.82, 2.24) is 19.6 Å². The number of hydrogen-bond acceptors (Lipinski definition) is 6. The fourth-order valence-electron chi connectivity index (χ4n) is 6.15. The van der Waals surface area contributed by atoms with Gasteiger partial charge in [-0.2, -0.15) is 0 Å². The number of benzene rings is 2. The van der Waals surface area contributed by atoms with Crippen LogP contribution >= 0.6 is 0 Å². The Morgan fingerprint density at radius 1 is 0.773 bits per heavy atom. The molecule has 2 aromatic carbocycles. The molecule has 3 rings (SSSR count). The van der Waals surface area contributed by atoms with Crippen molar-refractivity contribution in [3.63, 3.8) is 0 Å². The summed E-state index contributed by atoms with van der Waals surface area (Å²) >= 11 is 0. The van der Waals surface area contributed by atoms with Gasteiger partial charge in [0.1, 0.15) is 23.9 Å².